The molecule has 18 atom stereocenters. The van der Waals surface area contributed by atoms with Gasteiger partial charge in [-0.05, 0) is 19.3 Å². The second-order valence-corrected chi connectivity index (χ2v) is 23.3. The number of nitrogens with one attached hydrogen (secondary N) is 2. The molecular weight excluding hydrogens is 1080 g/mol. The number of ether oxygens (including phenoxy) is 6. The molecule has 0 aliphatic carbocycles. The van der Waals surface area contributed by atoms with Gasteiger partial charge in [-0.25, -0.2) is 4.79 Å². The summed E-state index contributed by atoms with van der Waals surface area (Å²) in [6.07, 6.45) is 7.07. The van der Waals surface area contributed by atoms with Crippen LogP contribution in [-0.4, -0.2) is 215 Å². The Morgan fingerprint density at radius 3 is 1.60 bits per heavy atom. The second-order valence-electron chi connectivity index (χ2n) is 23.3. The number of hydrogen-bond acceptors (Lipinski definition) is 20. The molecule has 0 aromatic heterocycles. The molecule has 3 rings (SSSR count). The van der Waals surface area contributed by atoms with E-state index >= 15 is 0 Å². The number of carboxylic acid groups (broad SMARTS) is 1. The van der Waals surface area contributed by atoms with Gasteiger partial charge in [-0.15, -0.1) is 0 Å². The average molecular weight is 1200 g/mol. The normalized spacial score (nSPS) is 30.0. The number of carboxylic acids is 1. The van der Waals surface area contributed by atoms with Crippen LogP contribution in [0, 0.1) is 0 Å². The Hall–Kier alpha value is -2.53. The van der Waals surface area contributed by atoms with Crippen molar-refractivity contribution >= 4 is 17.8 Å². The minimum atomic E-state index is -3.08. The van der Waals surface area contributed by atoms with Crippen molar-refractivity contribution in [3.63, 3.8) is 0 Å². The van der Waals surface area contributed by atoms with Crippen molar-refractivity contribution < 1.29 is 104 Å². The van der Waals surface area contributed by atoms with Crippen LogP contribution in [0.25, 0.3) is 0 Å². The number of aliphatic hydroxyl groups is 11. The lowest BCUT2D eigenvalue weighted by molar-refractivity contribution is -0.386. The zero-order valence-corrected chi connectivity index (χ0v) is 50.1. The summed E-state index contributed by atoms with van der Waals surface area (Å²) in [5, 5.41) is 135. The first-order valence-electron chi connectivity index (χ1n) is 31.6. The number of carbonyl (C=O) groups is 3. The smallest absolute Gasteiger partial charge is 0.364 e. The van der Waals surface area contributed by atoms with E-state index in [0.29, 0.717) is 12.8 Å². The van der Waals surface area contributed by atoms with Crippen LogP contribution in [0.5, 0.6) is 0 Å². The molecule has 83 heavy (non-hydrogen) atoms. The van der Waals surface area contributed by atoms with Crippen LogP contribution >= 0.6 is 0 Å². The van der Waals surface area contributed by atoms with E-state index in [2.05, 4.69) is 24.5 Å². The molecule has 0 bridgehead atoms. The van der Waals surface area contributed by atoms with Gasteiger partial charge in [0.05, 0.1) is 50.7 Å². The van der Waals surface area contributed by atoms with E-state index in [1.54, 1.807) is 6.08 Å². The Morgan fingerprint density at radius 1 is 0.627 bits per heavy atom. The molecule has 0 spiro atoms. The fourth-order valence-corrected chi connectivity index (χ4v) is 11.1. The van der Waals surface area contributed by atoms with Gasteiger partial charge in [-0.3, -0.25) is 9.59 Å². The molecule has 18 unspecified atom stereocenters. The monoisotopic (exact) mass is 1190 g/mol. The highest BCUT2D eigenvalue weighted by molar-refractivity contribution is 5.77. The Bertz CT molecular complexity index is 1750. The molecule has 23 heteroatoms. The zero-order valence-electron chi connectivity index (χ0n) is 50.1. The Labute approximate surface area is 492 Å². The van der Waals surface area contributed by atoms with E-state index in [-0.39, 0.29) is 12.3 Å². The summed E-state index contributed by atoms with van der Waals surface area (Å²) in [4.78, 5) is 38.4. The van der Waals surface area contributed by atoms with Crippen LogP contribution in [0.2, 0.25) is 0 Å². The predicted octanol–water partition coefficient (Wildman–Crippen LogP) is 3.56. The standard InChI is InChI=1S/C60H110N2O21/c1-4-6-8-10-12-14-16-17-18-19-20-21-22-24-25-27-29-31-33-42(67)41(62-47(70)34-32-30-28-26-23-15-13-11-9-7-5-2)39-78-57-52(74)51(73)54(46(38-65)80-57)81-58-53(75)56(50(72)45(37-64)79-58)83-60(59(76)77)35-43(68)48(61-40(3)66)55(82-60)49(71)44(69)36-63/h31,33,41-46,48-58,63-65,67-69,71-75H,4-30,32,34-39H2,1-3H3,(H,61,66)(H,62,70)(H,76,77)/b33-31+. The number of aliphatic hydroxyl groups excluding tert-OH is 11. The summed E-state index contributed by atoms with van der Waals surface area (Å²) in [5.74, 6) is -6.14. The summed E-state index contributed by atoms with van der Waals surface area (Å²) in [6.45, 7) is 2.10. The third-order valence-electron chi connectivity index (χ3n) is 16.2. The van der Waals surface area contributed by atoms with E-state index in [9.17, 15) is 75.7 Å². The van der Waals surface area contributed by atoms with Crippen LogP contribution in [0.4, 0.5) is 0 Å². The molecule has 23 nitrogen and oxygen atoms in total. The van der Waals surface area contributed by atoms with Crippen molar-refractivity contribution in [2.45, 2.75) is 323 Å². The third kappa shape index (κ3) is 26.4. The first kappa shape index (κ1) is 74.7. The summed E-state index contributed by atoms with van der Waals surface area (Å²) >= 11 is 0. The lowest BCUT2D eigenvalue weighted by Crippen LogP contribution is -2.70. The molecule has 0 radical (unpaired) electrons. The van der Waals surface area contributed by atoms with Gasteiger partial charge in [0.25, 0.3) is 5.79 Å². The maximum absolute atomic E-state index is 13.3. The maximum atomic E-state index is 13.3. The molecule has 486 valence electrons. The highest BCUT2D eigenvalue weighted by Gasteiger charge is 2.60. The zero-order chi connectivity index (χ0) is 61.2. The number of aliphatic carboxylic acids is 1. The second kappa shape index (κ2) is 42.4. The average Bonchev–Trinajstić information content (AvgIpc) is 3.05. The first-order chi connectivity index (χ1) is 39.9. The SMILES string of the molecule is CCCCCCCCCCCCCCCCCC/C=C/C(O)C(COC1OC(CO)C(OC2OC(CO)C(O)C(OC3(C(=O)O)CC(O)C(NC(C)=O)C(C(O)C(O)CO)O3)C2O)C(O)C1O)NC(=O)CCCCCCCCCCCCC. The molecule has 2 amide bonds. The quantitative estimate of drug-likeness (QED) is 0.0306. The van der Waals surface area contributed by atoms with Crippen molar-refractivity contribution in [2.75, 3.05) is 26.4 Å². The van der Waals surface area contributed by atoms with E-state index in [1.807, 2.05) is 6.08 Å². The summed E-state index contributed by atoms with van der Waals surface area (Å²) in [5.41, 5.74) is 0. The topological polar surface area (TPSA) is 373 Å². The predicted molar refractivity (Wildman–Crippen MR) is 306 cm³/mol. The van der Waals surface area contributed by atoms with Crippen molar-refractivity contribution in [1.82, 2.24) is 10.6 Å². The van der Waals surface area contributed by atoms with Crippen LogP contribution in [-0.2, 0) is 42.8 Å². The molecule has 3 saturated heterocycles. The van der Waals surface area contributed by atoms with Gasteiger partial charge in [0, 0.05) is 19.8 Å². The first-order valence-corrected chi connectivity index (χ1v) is 31.6. The summed E-state index contributed by atoms with van der Waals surface area (Å²) < 4.78 is 34.7. The third-order valence-corrected chi connectivity index (χ3v) is 16.2. The van der Waals surface area contributed by atoms with Crippen LogP contribution < -0.4 is 10.6 Å². The van der Waals surface area contributed by atoms with Gasteiger partial charge in [-0.1, -0.05) is 187 Å². The van der Waals surface area contributed by atoms with Gasteiger partial charge in [0.2, 0.25) is 11.8 Å². The van der Waals surface area contributed by atoms with Gasteiger partial charge >= 0.3 is 5.97 Å². The highest BCUT2D eigenvalue weighted by Crippen LogP contribution is 2.38. The molecule has 3 heterocycles. The highest BCUT2D eigenvalue weighted by atomic mass is 16.8. The molecule has 0 aromatic carbocycles. The maximum Gasteiger partial charge on any atom is 0.364 e. The molecule has 14 N–H and O–H groups in total. The molecule has 3 aliphatic heterocycles. The molecule has 3 aliphatic rings. The van der Waals surface area contributed by atoms with E-state index < -0.39 is 155 Å². The van der Waals surface area contributed by atoms with Crippen LogP contribution in [0.1, 0.15) is 213 Å². The molecule has 3 fully saturated rings. The van der Waals surface area contributed by atoms with Gasteiger partial charge in [-0.2, -0.15) is 0 Å². The lowest BCUT2D eigenvalue weighted by Gasteiger charge is -2.50. The van der Waals surface area contributed by atoms with Gasteiger partial charge < -0.3 is 100 Å². The lowest BCUT2D eigenvalue weighted by atomic mass is 9.88. The van der Waals surface area contributed by atoms with E-state index in [0.717, 1.165) is 51.9 Å². The largest absolute Gasteiger partial charge is 0.477 e. The fourth-order valence-electron chi connectivity index (χ4n) is 11.1. The van der Waals surface area contributed by atoms with Crippen molar-refractivity contribution in [3.8, 4) is 0 Å². The van der Waals surface area contributed by atoms with Crippen molar-refractivity contribution in [3.05, 3.63) is 12.2 Å². The van der Waals surface area contributed by atoms with Crippen LogP contribution in [0.15, 0.2) is 12.2 Å². The van der Waals surface area contributed by atoms with Crippen molar-refractivity contribution in [2.24, 2.45) is 0 Å². The van der Waals surface area contributed by atoms with Gasteiger partial charge in [0.15, 0.2) is 12.6 Å². The Kier molecular flexibility index (Phi) is 38.1. The minimum Gasteiger partial charge on any atom is -0.477 e. The Balaban J connectivity index is 1.65. The molecular formula is C60H110N2O21. The molecule has 0 saturated carbocycles. The Morgan fingerprint density at radius 2 is 1.12 bits per heavy atom. The van der Waals surface area contributed by atoms with E-state index in [1.165, 1.54) is 122 Å². The molecule has 0 aromatic rings. The number of allylic oxidation sites excluding steroid dienone is 1. The minimum absolute atomic E-state index is 0.203. The number of hydrogen-bond donors (Lipinski definition) is 14. The summed E-state index contributed by atoms with van der Waals surface area (Å²) in [7, 11) is 0. The van der Waals surface area contributed by atoms with Gasteiger partial charge in [0.1, 0.15) is 67.1 Å². The number of rotatable bonds is 46. The van der Waals surface area contributed by atoms with Crippen molar-refractivity contribution in [1.29, 1.82) is 0 Å². The number of unbranched alkanes of at least 4 members (excludes halogenated alkanes) is 26. The number of amides is 2. The fraction of sp³-hybridized carbons (Fsp3) is 0.917. The van der Waals surface area contributed by atoms with Crippen LogP contribution in [0.3, 0.4) is 0 Å². The summed E-state index contributed by atoms with van der Waals surface area (Å²) in [6, 6.07) is -2.61. The van der Waals surface area contributed by atoms with E-state index in [4.69, 9.17) is 28.4 Å². The number of carbonyl (C=O) groups excluding carboxylic acids is 2.